The quantitative estimate of drug-likeness (QED) is 0.793. The molecule has 1 heterocycles. The number of thioether (sulfide) groups is 1. The van der Waals surface area contributed by atoms with Crippen molar-refractivity contribution in [1.29, 1.82) is 0 Å². The van der Waals surface area contributed by atoms with Gasteiger partial charge in [-0.3, -0.25) is 9.59 Å². The van der Waals surface area contributed by atoms with E-state index in [1.165, 1.54) is 11.8 Å². The molecule has 1 saturated carbocycles. The van der Waals surface area contributed by atoms with Crippen LogP contribution in [0.1, 0.15) is 32.6 Å². The summed E-state index contributed by atoms with van der Waals surface area (Å²) in [7, 11) is 0. The highest BCUT2D eigenvalue weighted by Crippen LogP contribution is 2.31. The summed E-state index contributed by atoms with van der Waals surface area (Å²) in [6.07, 6.45) is 3.65. The average Bonchev–Trinajstić information content (AvgIpc) is 2.72. The number of hydrogen-bond donors (Lipinski definition) is 2. The number of hydrogen-bond acceptors (Lipinski definition) is 4. The number of nitrogens with zero attached hydrogens (tertiary/aromatic N) is 1. The summed E-state index contributed by atoms with van der Waals surface area (Å²) in [6, 6.07) is 0. The van der Waals surface area contributed by atoms with E-state index in [0.29, 0.717) is 24.1 Å². The molecule has 5 nitrogen and oxygen atoms in total. The largest absolute Gasteiger partial charge is 0.388 e. The first-order chi connectivity index (χ1) is 8.98. The van der Waals surface area contributed by atoms with E-state index in [4.69, 9.17) is 0 Å². The minimum atomic E-state index is -0.767. The Labute approximate surface area is 118 Å². The number of nitrogens with one attached hydrogen (secondary N) is 1. The standard InChI is InChI=1S/C13H22N2O3S/c1-10-3-2-4-13(18,5-10)8-14-11(16)6-15-9-19-7-12(15)17/h10,18H,2-9H2,1H3,(H,14,16). The lowest BCUT2D eigenvalue weighted by Crippen LogP contribution is -2.48. The maximum Gasteiger partial charge on any atom is 0.239 e. The van der Waals surface area contributed by atoms with Crippen LogP contribution in [0.3, 0.4) is 0 Å². The molecule has 0 aromatic heterocycles. The van der Waals surface area contributed by atoms with Gasteiger partial charge in [-0.1, -0.05) is 19.8 Å². The fraction of sp³-hybridized carbons (Fsp3) is 0.846. The molecule has 19 heavy (non-hydrogen) atoms. The molecule has 2 N–H and O–H groups in total. The lowest BCUT2D eigenvalue weighted by molar-refractivity contribution is -0.133. The molecule has 2 unspecified atom stereocenters. The Hall–Kier alpha value is -0.750. The summed E-state index contributed by atoms with van der Waals surface area (Å²) in [5, 5.41) is 13.2. The van der Waals surface area contributed by atoms with E-state index in [9.17, 15) is 14.7 Å². The minimum absolute atomic E-state index is 0.0187. The van der Waals surface area contributed by atoms with E-state index in [1.54, 1.807) is 4.90 Å². The second kappa shape index (κ2) is 6.13. The molecule has 1 aliphatic carbocycles. The molecule has 1 saturated heterocycles. The van der Waals surface area contributed by atoms with Gasteiger partial charge in [0.25, 0.3) is 0 Å². The highest BCUT2D eigenvalue weighted by Gasteiger charge is 2.33. The first-order valence-corrected chi connectivity index (χ1v) is 7.99. The first kappa shape index (κ1) is 14.7. The molecule has 2 fully saturated rings. The third-order valence-electron chi connectivity index (χ3n) is 3.84. The van der Waals surface area contributed by atoms with Crippen LogP contribution in [0.5, 0.6) is 0 Å². The summed E-state index contributed by atoms with van der Waals surface area (Å²) in [5.74, 6) is 1.40. The van der Waals surface area contributed by atoms with Crippen molar-refractivity contribution in [2.45, 2.75) is 38.2 Å². The Morgan fingerprint density at radius 1 is 1.63 bits per heavy atom. The smallest absolute Gasteiger partial charge is 0.239 e. The topological polar surface area (TPSA) is 69.6 Å². The van der Waals surface area contributed by atoms with Gasteiger partial charge in [-0.15, -0.1) is 11.8 Å². The average molecular weight is 286 g/mol. The second-order valence-corrected chi connectivity index (χ2v) is 6.73. The van der Waals surface area contributed by atoms with E-state index in [1.807, 2.05) is 0 Å². The van der Waals surface area contributed by atoms with Gasteiger partial charge in [-0.2, -0.15) is 0 Å². The van der Waals surface area contributed by atoms with Crippen LogP contribution in [-0.4, -0.2) is 52.1 Å². The minimum Gasteiger partial charge on any atom is -0.388 e. The number of rotatable bonds is 4. The maximum atomic E-state index is 11.8. The third kappa shape index (κ3) is 4.11. The number of amides is 2. The van der Waals surface area contributed by atoms with Crippen molar-refractivity contribution in [3.63, 3.8) is 0 Å². The lowest BCUT2D eigenvalue weighted by Gasteiger charge is -2.35. The van der Waals surface area contributed by atoms with E-state index < -0.39 is 5.60 Å². The monoisotopic (exact) mass is 286 g/mol. The van der Waals surface area contributed by atoms with Gasteiger partial charge in [-0.25, -0.2) is 0 Å². The van der Waals surface area contributed by atoms with E-state index in [2.05, 4.69) is 12.2 Å². The van der Waals surface area contributed by atoms with Crippen molar-refractivity contribution in [3.05, 3.63) is 0 Å². The molecule has 0 radical (unpaired) electrons. The van der Waals surface area contributed by atoms with Crippen molar-refractivity contribution in [2.75, 3.05) is 24.7 Å². The Morgan fingerprint density at radius 3 is 3.05 bits per heavy atom. The van der Waals surface area contributed by atoms with Gasteiger partial charge < -0.3 is 15.3 Å². The molecular formula is C13H22N2O3S. The van der Waals surface area contributed by atoms with E-state index in [-0.39, 0.29) is 18.4 Å². The van der Waals surface area contributed by atoms with Crippen LogP contribution in [-0.2, 0) is 9.59 Å². The van der Waals surface area contributed by atoms with Crippen molar-refractivity contribution in [3.8, 4) is 0 Å². The van der Waals surface area contributed by atoms with Gasteiger partial charge in [0.15, 0.2) is 0 Å². The Kier molecular flexibility index (Phi) is 4.73. The van der Waals surface area contributed by atoms with Gasteiger partial charge in [0, 0.05) is 6.54 Å². The fourth-order valence-electron chi connectivity index (χ4n) is 2.83. The normalized spacial score (nSPS) is 31.6. The summed E-state index contributed by atoms with van der Waals surface area (Å²) in [5.41, 5.74) is -0.767. The van der Waals surface area contributed by atoms with Gasteiger partial charge in [0.2, 0.25) is 11.8 Å². The third-order valence-corrected chi connectivity index (χ3v) is 4.79. The van der Waals surface area contributed by atoms with Crippen LogP contribution >= 0.6 is 11.8 Å². The maximum absolute atomic E-state index is 11.8. The van der Waals surface area contributed by atoms with Crippen molar-refractivity contribution in [2.24, 2.45) is 5.92 Å². The predicted molar refractivity (Wildman–Crippen MR) is 74.6 cm³/mol. The number of carbonyl (C=O) groups is 2. The van der Waals surface area contributed by atoms with E-state index in [0.717, 1.165) is 25.7 Å². The second-order valence-electron chi connectivity index (χ2n) is 5.77. The number of aliphatic hydroxyl groups is 1. The van der Waals surface area contributed by atoms with Gasteiger partial charge in [0.05, 0.1) is 17.2 Å². The Morgan fingerprint density at radius 2 is 2.42 bits per heavy atom. The molecule has 0 bridgehead atoms. The molecule has 2 amide bonds. The van der Waals surface area contributed by atoms with Crippen LogP contribution in [0.25, 0.3) is 0 Å². The van der Waals surface area contributed by atoms with Crippen LogP contribution in [0.4, 0.5) is 0 Å². The highest BCUT2D eigenvalue weighted by molar-refractivity contribution is 8.00. The van der Waals surface area contributed by atoms with Crippen LogP contribution in [0, 0.1) is 5.92 Å². The molecule has 2 rings (SSSR count). The van der Waals surface area contributed by atoms with Crippen molar-refractivity contribution < 1.29 is 14.7 Å². The molecular weight excluding hydrogens is 264 g/mol. The zero-order valence-corrected chi connectivity index (χ0v) is 12.2. The van der Waals surface area contributed by atoms with Gasteiger partial charge in [0.1, 0.15) is 6.54 Å². The summed E-state index contributed by atoms with van der Waals surface area (Å²) in [6.45, 7) is 2.54. The zero-order chi connectivity index (χ0) is 13.9. The van der Waals surface area contributed by atoms with Gasteiger partial charge in [-0.05, 0) is 18.8 Å². The molecule has 2 aliphatic rings. The summed E-state index contributed by atoms with van der Waals surface area (Å²) >= 11 is 1.52. The summed E-state index contributed by atoms with van der Waals surface area (Å²) in [4.78, 5) is 24.7. The van der Waals surface area contributed by atoms with Crippen LogP contribution in [0.2, 0.25) is 0 Å². The summed E-state index contributed by atoms with van der Waals surface area (Å²) < 4.78 is 0. The van der Waals surface area contributed by atoms with Gasteiger partial charge >= 0.3 is 0 Å². The SMILES string of the molecule is CC1CCCC(O)(CNC(=O)CN2CSCC2=O)C1. The van der Waals surface area contributed by atoms with Crippen molar-refractivity contribution >= 4 is 23.6 Å². The molecule has 108 valence electrons. The predicted octanol–water partition coefficient (Wildman–Crippen LogP) is 0.577. The molecule has 0 aromatic rings. The molecule has 2 atom stereocenters. The highest BCUT2D eigenvalue weighted by atomic mass is 32.2. The lowest BCUT2D eigenvalue weighted by atomic mass is 9.79. The molecule has 0 aromatic carbocycles. The van der Waals surface area contributed by atoms with Crippen LogP contribution < -0.4 is 5.32 Å². The Bertz CT molecular complexity index is 364. The molecule has 6 heteroatoms. The first-order valence-electron chi connectivity index (χ1n) is 6.83. The molecule has 1 aliphatic heterocycles. The van der Waals surface area contributed by atoms with Crippen molar-refractivity contribution in [1.82, 2.24) is 10.2 Å². The van der Waals surface area contributed by atoms with E-state index >= 15 is 0 Å². The zero-order valence-electron chi connectivity index (χ0n) is 11.4. The number of carbonyl (C=O) groups excluding carboxylic acids is 2. The fourth-order valence-corrected chi connectivity index (χ4v) is 3.73. The van der Waals surface area contributed by atoms with Crippen LogP contribution in [0.15, 0.2) is 0 Å². The molecule has 0 spiro atoms. The Balaban J connectivity index is 1.75.